The van der Waals surface area contributed by atoms with E-state index < -0.39 is 10.0 Å². The number of hydrogen-bond donors (Lipinski definition) is 1. The van der Waals surface area contributed by atoms with Crippen LogP contribution in [0, 0.1) is 4.77 Å². The van der Waals surface area contributed by atoms with Crippen molar-refractivity contribution in [3.05, 3.63) is 85.5 Å². The van der Waals surface area contributed by atoms with Gasteiger partial charge in [0.15, 0.2) is 4.77 Å². The van der Waals surface area contributed by atoms with Crippen molar-refractivity contribution >= 4 is 44.5 Å². The zero-order chi connectivity index (χ0) is 20.9. The van der Waals surface area contributed by atoms with Crippen LogP contribution < -0.4 is 5.56 Å². The average molecular weight is 456 g/mol. The summed E-state index contributed by atoms with van der Waals surface area (Å²) in [7, 11) is -3.70. The summed E-state index contributed by atoms with van der Waals surface area (Å²) in [5.74, 6) is 0. The third-order valence-electron chi connectivity index (χ3n) is 5.29. The minimum absolute atomic E-state index is 0.146. The Bertz CT molecular complexity index is 1500. The first-order chi connectivity index (χ1) is 14.4. The van der Waals surface area contributed by atoms with Gasteiger partial charge in [-0.15, -0.1) is 11.3 Å². The van der Waals surface area contributed by atoms with Crippen LogP contribution in [0.3, 0.4) is 0 Å². The van der Waals surface area contributed by atoms with Crippen molar-refractivity contribution in [3.63, 3.8) is 0 Å². The number of rotatable bonds is 3. The van der Waals surface area contributed by atoms with Gasteiger partial charge in [0.05, 0.1) is 21.5 Å². The molecule has 0 radical (unpaired) electrons. The molecule has 0 unspecified atom stereocenters. The molecule has 1 aliphatic rings. The van der Waals surface area contributed by atoms with Crippen LogP contribution in [-0.4, -0.2) is 28.8 Å². The van der Waals surface area contributed by atoms with E-state index in [1.807, 2.05) is 17.5 Å². The molecule has 0 spiro atoms. The average Bonchev–Trinajstić information content (AvgIpc) is 3.22. The number of H-pyrrole nitrogens is 1. The molecular weight excluding hydrogens is 438 g/mol. The van der Waals surface area contributed by atoms with Gasteiger partial charge in [-0.25, -0.2) is 8.42 Å². The molecule has 6 nitrogen and oxygen atoms in total. The van der Waals surface area contributed by atoms with Gasteiger partial charge in [0.2, 0.25) is 10.0 Å². The molecule has 1 aliphatic heterocycles. The summed E-state index contributed by atoms with van der Waals surface area (Å²) in [6, 6.07) is 15.5. The Labute approximate surface area is 182 Å². The number of para-hydroxylation sites is 1. The quantitative estimate of drug-likeness (QED) is 0.476. The minimum atomic E-state index is -3.70. The molecule has 0 amide bonds. The number of thiophene rings is 1. The molecule has 3 heterocycles. The van der Waals surface area contributed by atoms with E-state index in [1.54, 1.807) is 47.7 Å². The van der Waals surface area contributed by atoms with Gasteiger partial charge in [-0.1, -0.05) is 18.2 Å². The van der Waals surface area contributed by atoms with Crippen LogP contribution in [0.4, 0.5) is 0 Å². The highest BCUT2D eigenvalue weighted by atomic mass is 32.2. The van der Waals surface area contributed by atoms with Gasteiger partial charge in [-0.3, -0.25) is 9.36 Å². The number of hydrogen-bond acceptors (Lipinski definition) is 5. The van der Waals surface area contributed by atoms with Crippen molar-refractivity contribution < 1.29 is 8.42 Å². The fourth-order valence-electron chi connectivity index (χ4n) is 3.76. The third-order valence-corrected chi connectivity index (χ3v) is 8.44. The lowest BCUT2D eigenvalue weighted by atomic mass is 10.1. The van der Waals surface area contributed by atoms with Crippen molar-refractivity contribution in [1.82, 2.24) is 13.9 Å². The van der Waals surface area contributed by atoms with Crippen LogP contribution in [0.5, 0.6) is 0 Å². The Balaban J connectivity index is 1.60. The molecule has 0 fully saturated rings. The molecule has 5 rings (SSSR count). The van der Waals surface area contributed by atoms with Crippen LogP contribution in [0.2, 0.25) is 0 Å². The van der Waals surface area contributed by atoms with Gasteiger partial charge >= 0.3 is 0 Å². The van der Waals surface area contributed by atoms with Gasteiger partial charge < -0.3 is 4.98 Å². The zero-order valence-corrected chi connectivity index (χ0v) is 18.2. The van der Waals surface area contributed by atoms with E-state index in [-0.39, 0.29) is 15.2 Å². The van der Waals surface area contributed by atoms with Gasteiger partial charge in [-0.05, 0) is 66.0 Å². The monoisotopic (exact) mass is 455 g/mol. The first-order valence-electron chi connectivity index (χ1n) is 9.35. The van der Waals surface area contributed by atoms with Crippen molar-refractivity contribution in [3.8, 4) is 5.69 Å². The molecule has 152 valence electrons. The predicted molar refractivity (Wildman–Crippen MR) is 120 cm³/mol. The highest BCUT2D eigenvalue weighted by Crippen LogP contribution is 2.28. The largest absolute Gasteiger partial charge is 0.331 e. The Morgan fingerprint density at radius 2 is 1.90 bits per heavy atom. The highest BCUT2D eigenvalue weighted by molar-refractivity contribution is 7.89. The number of aromatic amines is 1. The summed E-state index contributed by atoms with van der Waals surface area (Å²) >= 11 is 7.06. The number of sulfonamides is 1. The van der Waals surface area contributed by atoms with E-state index in [0.29, 0.717) is 36.1 Å². The van der Waals surface area contributed by atoms with Crippen LogP contribution in [0.15, 0.2) is 69.7 Å². The SMILES string of the molecule is O=c1c2ccccc2[nH]c(=S)n1-c1cccc(S(=O)(=O)N2CCc3sccc3C2)c1. The molecule has 4 aromatic rings. The van der Waals surface area contributed by atoms with Crippen molar-refractivity contribution in [2.75, 3.05) is 6.54 Å². The summed E-state index contributed by atoms with van der Waals surface area (Å²) in [4.78, 5) is 17.5. The van der Waals surface area contributed by atoms with E-state index >= 15 is 0 Å². The maximum absolute atomic E-state index is 13.3. The Kier molecular flexibility index (Phi) is 4.70. The maximum atomic E-state index is 13.3. The second kappa shape index (κ2) is 7.28. The number of nitrogens with zero attached hydrogens (tertiary/aromatic N) is 2. The summed E-state index contributed by atoms with van der Waals surface area (Å²) in [6.45, 7) is 0.803. The molecule has 2 aromatic heterocycles. The van der Waals surface area contributed by atoms with Crippen LogP contribution >= 0.6 is 23.6 Å². The molecule has 30 heavy (non-hydrogen) atoms. The fraction of sp³-hybridized carbons (Fsp3) is 0.143. The van der Waals surface area contributed by atoms with Crippen LogP contribution in [0.25, 0.3) is 16.6 Å². The van der Waals surface area contributed by atoms with Gasteiger partial charge in [-0.2, -0.15) is 4.31 Å². The van der Waals surface area contributed by atoms with Gasteiger partial charge in [0.1, 0.15) is 0 Å². The van der Waals surface area contributed by atoms with Crippen LogP contribution in [-0.2, 0) is 23.0 Å². The van der Waals surface area contributed by atoms with E-state index in [4.69, 9.17) is 12.2 Å². The highest BCUT2D eigenvalue weighted by Gasteiger charge is 2.29. The molecule has 0 atom stereocenters. The molecule has 0 saturated carbocycles. The lowest BCUT2D eigenvalue weighted by Gasteiger charge is -2.26. The first kappa shape index (κ1) is 19.4. The molecule has 0 saturated heterocycles. The fourth-order valence-corrected chi connectivity index (χ4v) is 6.40. The Hall–Kier alpha value is -2.59. The lowest BCUT2D eigenvalue weighted by Crippen LogP contribution is -2.35. The minimum Gasteiger partial charge on any atom is -0.331 e. The van der Waals surface area contributed by atoms with E-state index in [9.17, 15) is 13.2 Å². The predicted octanol–water partition coefficient (Wildman–Crippen LogP) is 3.86. The normalized spacial score (nSPS) is 14.7. The second-order valence-corrected chi connectivity index (χ2v) is 10.4. The topological polar surface area (TPSA) is 75.2 Å². The summed E-state index contributed by atoms with van der Waals surface area (Å²) in [5, 5.41) is 2.48. The Morgan fingerprint density at radius 3 is 2.77 bits per heavy atom. The van der Waals surface area contributed by atoms with Crippen molar-refractivity contribution in [2.24, 2.45) is 0 Å². The second-order valence-electron chi connectivity index (χ2n) is 7.07. The standard InChI is InChI=1S/C21H17N3O3S3/c25-20-17-6-1-2-7-18(17)22-21(28)24(20)15-4-3-5-16(12-15)30(26,27)23-10-8-19-14(13-23)9-11-29-19/h1-7,9,11-12H,8,10,13H2,(H,22,28). The molecule has 0 bridgehead atoms. The summed E-state index contributed by atoms with van der Waals surface area (Å²) in [5.41, 5.74) is 1.83. The number of nitrogens with one attached hydrogen (secondary N) is 1. The zero-order valence-electron chi connectivity index (χ0n) is 15.7. The summed E-state index contributed by atoms with van der Waals surface area (Å²) < 4.78 is 29.6. The maximum Gasteiger partial charge on any atom is 0.266 e. The smallest absolute Gasteiger partial charge is 0.266 e. The van der Waals surface area contributed by atoms with Gasteiger partial charge in [0, 0.05) is 18.0 Å². The molecular formula is C21H17N3O3S3. The number of aromatic nitrogens is 2. The molecule has 1 N–H and O–H groups in total. The first-order valence-corrected chi connectivity index (χ1v) is 12.1. The van der Waals surface area contributed by atoms with E-state index in [2.05, 4.69) is 4.98 Å². The van der Waals surface area contributed by atoms with Crippen molar-refractivity contribution in [2.45, 2.75) is 17.9 Å². The molecule has 0 aliphatic carbocycles. The van der Waals surface area contributed by atoms with Gasteiger partial charge in [0.25, 0.3) is 5.56 Å². The summed E-state index contributed by atoms with van der Waals surface area (Å²) in [6.07, 6.45) is 0.710. The molecule has 9 heteroatoms. The van der Waals surface area contributed by atoms with Crippen molar-refractivity contribution in [1.29, 1.82) is 0 Å². The number of fused-ring (bicyclic) bond motifs is 2. The molecule has 2 aromatic carbocycles. The van der Waals surface area contributed by atoms with E-state index in [0.717, 1.165) is 5.56 Å². The third kappa shape index (κ3) is 3.14. The Morgan fingerprint density at radius 1 is 1.07 bits per heavy atom. The lowest BCUT2D eigenvalue weighted by molar-refractivity contribution is 0.394. The van der Waals surface area contributed by atoms with E-state index in [1.165, 1.54) is 19.8 Å². The number of benzene rings is 2. The van der Waals surface area contributed by atoms with Crippen LogP contribution in [0.1, 0.15) is 10.4 Å².